The van der Waals surface area contributed by atoms with E-state index in [1.165, 1.54) is 0 Å². The monoisotopic (exact) mass is 337 g/mol. The third kappa shape index (κ3) is 3.64. The molecule has 0 fully saturated rings. The molecule has 2 N–H and O–H groups in total. The van der Waals surface area contributed by atoms with Gasteiger partial charge in [0.25, 0.3) is 5.91 Å². The molecular formula is C13H16BrN5O. The number of hydrogen-bond donors (Lipinski definition) is 1. The molecule has 20 heavy (non-hydrogen) atoms. The lowest BCUT2D eigenvalue weighted by Gasteiger charge is -2.15. The average Bonchev–Trinajstić information content (AvgIpc) is 2.87. The van der Waals surface area contributed by atoms with Crippen molar-refractivity contribution in [2.24, 2.45) is 5.73 Å². The second-order valence-corrected chi connectivity index (χ2v) is 5.36. The number of hydrogen-bond acceptors (Lipinski definition) is 4. The van der Waals surface area contributed by atoms with Crippen molar-refractivity contribution >= 4 is 21.8 Å². The molecule has 0 saturated carbocycles. The van der Waals surface area contributed by atoms with Gasteiger partial charge in [0.15, 0.2) is 5.69 Å². The van der Waals surface area contributed by atoms with Crippen LogP contribution in [0.4, 0.5) is 0 Å². The van der Waals surface area contributed by atoms with E-state index in [1.54, 1.807) is 22.8 Å². The zero-order chi connectivity index (χ0) is 14.5. The van der Waals surface area contributed by atoms with E-state index in [0.717, 1.165) is 10.0 Å². The molecule has 106 valence electrons. The molecule has 2 rings (SSSR count). The first-order valence-corrected chi connectivity index (χ1v) is 6.99. The van der Waals surface area contributed by atoms with Gasteiger partial charge in [0.1, 0.15) is 0 Å². The zero-order valence-electron chi connectivity index (χ0n) is 11.2. The molecule has 0 aliphatic heterocycles. The second kappa shape index (κ2) is 6.62. The average molecular weight is 338 g/mol. The van der Waals surface area contributed by atoms with Crippen molar-refractivity contribution in [2.45, 2.75) is 13.1 Å². The Morgan fingerprint density at radius 3 is 3.00 bits per heavy atom. The normalized spacial score (nSPS) is 10.6. The lowest BCUT2D eigenvalue weighted by atomic mass is 10.2. The largest absolute Gasteiger partial charge is 0.336 e. The van der Waals surface area contributed by atoms with Gasteiger partial charge in [-0.05, 0) is 17.7 Å². The van der Waals surface area contributed by atoms with E-state index in [-0.39, 0.29) is 5.91 Å². The Bertz CT molecular complexity index is 598. The first-order chi connectivity index (χ1) is 9.60. The van der Waals surface area contributed by atoms with Crippen LogP contribution in [0.5, 0.6) is 0 Å². The molecule has 0 unspecified atom stereocenters. The van der Waals surface area contributed by atoms with Crippen molar-refractivity contribution in [1.82, 2.24) is 19.9 Å². The Labute approximate surface area is 125 Å². The highest BCUT2D eigenvalue weighted by Crippen LogP contribution is 2.13. The van der Waals surface area contributed by atoms with Gasteiger partial charge in [-0.1, -0.05) is 33.3 Å². The van der Waals surface area contributed by atoms with Crippen LogP contribution in [0.3, 0.4) is 0 Å². The van der Waals surface area contributed by atoms with Crippen LogP contribution >= 0.6 is 15.9 Å². The van der Waals surface area contributed by atoms with Gasteiger partial charge in [-0.3, -0.25) is 9.48 Å². The minimum Gasteiger partial charge on any atom is -0.336 e. The number of benzene rings is 1. The molecule has 1 amide bonds. The van der Waals surface area contributed by atoms with Crippen molar-refractivity contribution in [3.63, 3.8) is 0 Å². The van der Waals surface area contributed by atoms with Gasteiger partial charge in [-0.2, -0.15) is 0 Å². The Kier molecular flexibility index (Phi) is 4.86. The van der Waals surface area contributed by atoms with Gasteiger partial charge in [0, 0.05) is 24.6 Å². The van der Waals surface area contributed by atoms with Crippen LogP contribution in [-0.4, -0.2) is 39.4 Å². The minimum atomic E-state index is -0.159. The fraction of sp³-hybridized carbons (Fsp3) is 0.308. The Morgan fingerprint density at radius 2 is 2.30 bits per heavy atom. The van der Waals surface area contributed by atoms with Gasteiger partial charge < -0.3 is 10.6 Å². The van der Waals surface area contributed by atoms with Gasteiger partial charge in [-0.25, -0.2) is 0 Å². The molecule has 6 nitrogen and oxygen atoms in total. The molecule has 2 aromatic rings. The van der Waals surface area contributed by atoms with Gasteiger partial charge >= 0.3 is 0 Å². The molecule has 0 aliphatic rings. The van der Waals surface area contributed by atoms with Crippen LogP contribution in [0, 0.1) is 0 Å². The summed E-state index contributed by atoms with van der Waals surface area (Å²) in [5.41, 5.74) is 6.81. The Balaban J connectivity index is 2.04. The van der Waals surface area contributed by atoms with Crippen LogP contribution < -0.4 is 5.73 Å². The van der Waals surface area contributed by atoms with Crippen molar-refractivity contribution in [2.75, 3.05) is 13.6 Å². The summed E-state index contributed by atoms with van der Waals surface area (Å²) in [5.74, 6) is -0.159. The molecule has 1 aromatic heterocycles. The highest BCUT2D eigenvalue weighted by molar-refractivity contribution is 9.10. The molecule has 0 aliphatic carbocycles. The highest BCUT2D eigenvalue weighted by Gasteiger charge is 2.15. The van der Waals surface area contributed by atoms with Crippen LogP contribution in [0.15, 0.2) is 34.9 Å². The molecule has 0 saturated heterocycles. The molecule has 0 atom stereocenters. The Hall–Kier alpha value is -1.73. The Morgan fingerprint density at radius 1 is 1.50 bits per heavy atom. The van der Waals surface area contributed by atoms with Crippen LogP contribution in [0.1, 0.15) is 16.1 Å². The highest BCUT2D eigenvalue weighted by atomic mass is 79.9. The van der Waals surface area contributed by atoms with Crippen molar-refractivity contribution in [1.29, 1.82) is 0 Å². The van der Waals surface area contributed by atoms with E-state index in [9.17, 15) is 4.79 Å². The summed E-state index contributed by atoms with van der Waals surface area (Å²) in [6.45, 7) is 1.53. The standard InChI is InChI=1S/C13H16BrN5O/c1-18(8-10-3-2-4-11(14)7-10)13(20)12-9-19(6-5-15)17-16-12/h2-4,7,9H,5-6,8,15H2,1H3. The van der Waals surface area contributed by atoms with Crippen molar-refractivity contribution in [3.05, 3.63) is 46.2 Å². The smallest absolute Gasteiger partial charge is 0.276 e. The summed E-state index contributed by atoms with van der Waals surface area (Å²) in [7, 11) is 1.74. The molecule has 7 heteroatoms. The summed E-state index contributed by atoms with van der Waals surface area (Å²) in [6.07, 6.45) is 1.62. The summed E-state index contributed by atoms with van der Waals surface area (Å²) < 4.78 is 2.56. The van der Waals surface area contributed by atoms with E-state index in [4.69, 9.17) is 5.73 Å². The predicted molar refractivity (Wildman–Crippen MR) is 79.0 cm³/mol. The minimum absolute atomic E-state index is 0.159. The topological polar surface area (TPSA) is 77.0 Å². The third-order valence-corrected chi connectivity index (χ3v) is 3.26. The maximum absolute atomic E-state index is 12.2. The first kappa shape index (κ1) is 14.7. The second-order valence-electron chi connectivity index (χ2n) is 4.45. The molecule has 0 bridgehead atoms. The number of halogens is 1. The molecule has 1 heterocycles. The predicted octanol–water partition coefficient (Wildman–Crippen LogP) is 1.27. The van der Waals surface area contributed by atoms with Crippen molar-refractivity contribution < 1.29 is 4.79 Å². The number of carbonyl (C=O) groups excluding carboxylic acids is 1. The van der Waals surface area contributed by atoms with Crippen LogP contribution in [-0.2, 0) is 13.1 Å². The third-order valence-electron chi connectivity index (χ3n) is 2.77. The van der Waals surface area contributed by atoms with E-state index >= 15 is 0 Å². The van der Waals surface area contributed by atoms with Crippen LogP contribution in [0.25, 0.3) is 0 Å². The van der Waals surface area contributed by atoms with Crippen molar-refractivity contribution in [3.8, 4) is 0 Å². The summed E-state index contributed by atoms with van der Waals surface area (Å²) >= 11 is 3.41. The van der Waals surface area contributed by atoms with Gasteiger partial charge in [-0.15, -0.1) is 5.10 Å². The number of rotatable bonds is 5. The number of carbonyl (C=O) groups is 1. The number of aromatic nitrogens is 3. The molecular weight excluding hydrogens is 322 g/mol. The van der Waals surface area contributed by atoms with Gasteiger partial charge in [0.2, 0.25) is 0 Å². The van der Waals surface area contributed by atoms with E-state index in [2.05, 4.69) is 26.2 Å². The lowest BCUT2D eigenvalue weighted by Crippen LogP contribution is -2.26. The van der Waals surface area contributed by atoms with E-state index in [1.807, 2.05) is 24.3 Å². The fourth-order valence-electron chi connectivity index (χ4n) is 1.81. The number of nitrogens with two attached hydrogens (primary N) is 1. The molecule has 0 spiro atoms. The van der Waals surface area contributed by atoms with Gasteiger partial charge in [0.05, 0.1) is 12.7 Å². The summed E-state index contributed by atoms with van der Waals surface area (Å²) in [5, 5.41) is 7.73. The van der Waals surface area contributed by atoms with E-state index in [0.29, 0.717) is 25.3 Å². The maximum Gasteiger partial charge on any atom is 0.276 e. The first-order valence-electron chi connectivity index (χ1n) is 6.20. The quantitative estimate of drug-likeness (QED) is 0.891. The number of nitrogens with zero attached hydrogens (tertiary/aromatic N) is 4. The molecule has 1 aromatic carbocycles. The fourth-order valence-corrected chi connectivity index (χ4v) is 2.26. The van der Waals surface area contributed by atoms with E-state index < -0.39 is 0 Å². The zero-order valence-corrected chi connectivity index (χ0v) is 12.7. The summed E-state index contributed by atoms with van der Waals surface area (Å²) in [6, 6.07) is 7.84. The lowest BCUT2D eigenvalue weighted by molar-refractivity contribution is 0.0779. The summed E-state index contributed by atoms with van der Waals surface area (Å²) in [4.78, 5) is 13.8. The molecule has 0 radical (unpaired) electrons. The number of amides is 1. The SMILES string of the molecule is CN(Cc1cccc(Br)c1)C(=O)c1cn(CCN)nn1. The maximum atomic E-state index is 12.2. The van der Waals surface area contributed by atoms with Crippen LogP contribution in [0.2, 0.25) is 0 Å².